The van der Waals surface area contributed by atoms with Gasteiger partial charge < -0.3 is 9.64 Å². The van der Waals surface area contributed by atoms with E-state index in [2.05, 4.69) is 15.9 Å². The van der Waals surface area contributed by atoms with Crippen molar-refractivity contribution >= 4 is 39.1 Å². The Morgan fingerprint density at radius 3 is 2.93 bits per heavy atom. The smallest absolute Gasteiger partial charge is 0.264 e. The average Bonchev–Trinajstić information content (AvgIpc) is 2.19. The molecular weight excluding hydrogens is 281 g/mol. The van der Waals surface area contributed by atoms with E-state index in [-0.39, 0.29) is 12.5 Å². The van der Waals surface area contributed by atoms with Crippen molar-refractivity contribution in [1.29, 1.82) is 0 Å². The Labute approximate surface area is 101 Å². The molecule has 0 radical (unpaired) electrons. The van der Waals surface area contributed by atoms with Crippen LogP contribution in [0.4, 0.5) is 5.69 Å². The molecule has 0 N–H and O–H groups in total. The zero-order chi connectivity index (χ0) is 11.2. The van der Waals surface area contributed by atoms with Crippen molar-refractivity contribution in [2.45, 2.75) is 6.92 Å². The van der Waals surface area contributed by atoms with Crippen LogP contribution in [-0.4, -0.2) is 19.6 Å². The first-order chi connectivity index (χ1) is 7.02. The summed E-state index contributed by atoms with van der Waals surface area (Å²) >= 11 is 9.43. The third-order valence-electron chi connectivity index (χ3n) is 2.45. The van der Waals surface area contributed by atoms with Gasteiger partial charge in [-0.2, -0.15) is 0 Å². The standard InChI is InChI=1S/C10H9BrClNO2/c1-5-6(11)3-7(12)10-9(5)13(2)8(14)4-15-10/h3H,4H2,1-2H3. The summed E-state index contributed by atoms with van der Waals surface area (Å²) in [4.78, 5) is 13.0. The number of carbonyl (C=O) groups excluding carboxylic acids is 1. The highest BCUT2D eigenvalue weighted by Gasteiger charge is 2.27. The van der Waals surface area contributed by atoms with Crippen LogP contribution in [0.1, 0.15) is 5.56 Å². The molecule has 15 heavy (non-hydrogen) atoms. The average molecular weight is 291 g/mol. The number of nitrogens with zero attached hydrogens (tertiary/aromatic N) is 1. The van der Waals surface area contributed by atoms with Crippen LogP contribution in [0, 0.1) is 6.92 Å². The van der Waals surface area contributed by atoms with Gasteiger partial charge in [-0.3, -0.25) is 4.79 Å². The van der Waals surface area contributed by atoms with Crippen molar-refractivity contribution in [3.05, 3.63) is 21.1 Å². The number of amides is 1. The van der Waals surface area contributed by atoms with Gasteiger partial charge in [0.1, 0.15) is 0 Å². The Morgan fingerprint density at radius 2 is 2.27 bits per heavy atom. The highest BCUT2D eigenvalue weighted by molar-refractivity contribution is 9.10. The summed E-state index contributed by atoms with van der Waals surface area (Å²) in [5.74, 6) is 0.513. The topological polar surface area (TPSA) is 29.5 Å². The minimum absolute atomic E-state index is 0.0459. The van der Waals surface area contributed by atoms with Gasteiger partial charge in [-0.1, -0.05) is 27.5 Å². The zero-order valence-corrected chi connectivity index (χ0v) is 10.6. The molecule has 0 saturated heterocycles. The molecule has 0 aliphatic carbocycles. The lowest BCUT2D eigenvalue weighted by atomic mass is 10.1. The van der Waals surface area contributed by atoms with E-state index in [0.29, 0.717) is 10.8 Å². The quantitative estimate of drug-likeness (QED) is 0.735. The van der Waals surface area contributed by atoms with Crippen LogP contribution in [0.5, 0.6) is 5.75 Å². The number of hydrogen-bond acceptors (Lipinski definition) is 2. The van der Waals surface area contributed by atoms with Crippen LogP contribution >= 0.6 is 27.5 Å². The van der Waals surface area contributed by atoms with Crippen molar-refractivity contribution < 1.29 is 9.53 Å². The number of carbonyl (C=O) groups is 1. The molecule has 0 unspecified atom stereocenters. The van der Waals surface area contributed by atoms with Crippen molar-refractivity contribution in [1.82, 2.24) is 0 Å². The van der Waals surface area contributed by atoms with Crippen LogP contribution in [0.25, 0.3) is 0 Å². The van der Waals surface area contributed by atoms with Crippen LogP contribution < -0.4 is 9.64 Å². The maximum absolute atomic E-state index is 11.5. The van der Waals surface area contributed by atoms with Gasteiger partial charge in [-0.15, -0.1) is 0 Å². The maximum Gasteiger partial charge on any atom is 0.264 e. The zero-order valence-electron chi connectivity index (χ0n) is 8.30. The second-order valence-electron chi connectivity index (χ2n) is 3.38. The molecule has 1 aliphatic rings. The molecule has 0 saturated carbocycles. The molecule has 0 atom stereocenters. The molecule has 1 aromatic carbocycles. The monoisotopic (exact) mass is 289 g/mol. The number of halogens is 2. The van der Waals surface area contributed by atoms with E-state index in [1.165, 1.54) is 0 Å². The Bertz CT molecular complexity index is 448. The third kappa shape index (κ3) is 1.62. The lowest BCUT2D eigenvalue weighted by Gasteiger charge is -2.28. The van der Waals surface area contributed by atoms with Gasteiger partial charge in [-0.25, -0.2) is 0 Å². The predicted molar refractivity (Wildman–Crippen MR) is 62.8 cm³/mol. The summed E-state index contributed by atoms with van der Waals surface area (Å²) in [6.07, 6.45) is 0. The molecular formula is C10H9BrClNO2. The molecule has 5 heteroatoms. The third-order valence-corrected chi connectivity index (χ3v) is 3.55. The lowest BCUT2D eigenvalue weighted by Crippen LogP contribution is -2.36. The molecule has 80 valence electrons. The van der Waals surface area contributed by atoms with E-state index in [4.69, 9.17) is 16.3 Å². The normalized spacial score (nSPS) is 14.9. The first-order valence-corrected chi connectivity index (χ1v) is 5.57. The SMILES string of the molecule is Cc1c(Br)cc(Cl)c2c1N(C)C(=O)CO2. The molecule has 1 aromatic rings. The second-order valence-corrected chi connectivity index (χ2v) is 4.65. The summed E-state index contributed by atoms with van der Waals surface area (Å²) in [5.41, 5.74) is 1.69. The first kappa shape index (κ1) is 10.8. The number of hydrogen-bond donors (Lipinski definition) is 0. The summed E-state index contributed by atoms with van der Waals surface area (Å²) < 4.78 is 6.20. The Hall–Kier alpha value is -0.740. The number of ether oxygens (including phenoxy) is 1. The van der Waals surface area contributed by atoms with Gasteiger partial charge in [-0.05, 0) is 18.6 Å². The van der Waals surface area contributed by atoms with Gasteiger partial charge in [0.25, 0.3) is 5.91 Å². The van der Waals surface area contributed by atoms with Crippen LogP contribution in [0.15, 0.2) is 10.5 Å². The number of likely N-dealkylation sites (N-methyl/N-ethyl adjacent to an activating group) is 1. The van der Waals surface area contributed by atoms with E-state index in [1.54, 1.807) is 18.0 Å². The van der Waals surface area contributed by atoms with Crippen LogP contribution in [0.3, 0.4) is 0 Å². The molecule has 3 nitrogen and oxygen atoms in total. The number of anilines is 1. The van der Waals surface area contributed by atoms with Crippen molar-refractivity contribution in [2.24, 2.45) is 0 Å². The van der Waals surface area contributed by atoms with Gasteiger partial charge in [0.05, 0.1) is 10.7 Å². The summed E-state index contributed by atoms with van der Waals surface area (Å²) in [6.45, 7) is 1.96. The summed E-state index contributed by atoms with van der Waals surface area (Å²) in [7, 11) is 1.72. The fraction of sp³-hybridized carbons (Fsp3) is 0.300. The summed E-state index contributed by atoms with van der Waals surface area (Å²) in [5, 5.41) is 0.516. The van der Waals surface area contributed by atoms with E-state index in [1.807, 2.05) is 6.92 Å². The van der Waals surface area contributed by atoms with E-state index in [0.717, 1.165) is 15.7 Å². The molecule has 1 aliphatic heterocycles. The molecule has 0 spiro atoms. The Kier molecular flexibility index (Phi) is 2.64. The van der Waals surface area contributed by atoms with E-state index < -0.39 is 0 Å². The fourth-order valence-corrected chi connectivity index (χ4v) is 2.38. The predicted octanol–water partition coefficient (Wildman–Crippen LogP) is 2.77. The van der Waals surface area contributed by atoms with Crippen LogP contribution in [-0.2, 0) is 4.79 Å². The highest BCUT2D eigenvalue weighted by atomic mass is 79.9. The van der Waals surface area contributed by atoms with Crippen molar-refractivity contribution in [3.8, 4) is 5.75 Å². The minimum Gasteiger partial charge on any atom is -0.480 e. The highest BCUT2D eigenvalue weighted by Crippen LogP contribution is 2.43. The number of fused-ring (bicyclic) bond motifs is 1. The Morgan fingerprint density at radius 1 is 1.60 bits per heavy atom. The largest absolute Gasteiger partial charge is 0.480 e. The second kappa shape index (κ2) is 3.68. The van der Waals surface area contributed by atoms with Crippen LogP contribution in [0.2, 0.25) is 5.02 Å². The minimum atomic E-state index is -0.0697. The van der Waals surface area contributed by atoms with Gasteiger partial charge >= 0.3 is 0 Å². The first-order valence-electron chi connectivity index (χ1n) is 4.40. The number of rotatable bonds is 0. The van der Waals surface area contributed by atoms with E-state index in [9.17, 15) is 4.79 Å². The molecule has 2 rings (SSSR count). The summed E-state index contributed by atoms with van der Waals surface area (Å²) in [6, 6.07) is 1.78. The van der Waals surface area contributed by atoms with Crippen molar-refractivity contribution in [2.75, 3.05) is 18.6 Å². The molecule has 0 bridgehead atoms. The lowest BCUT2D eigenvalue weighted by molar-refractivity contribution is -0.120. The van der Waals surface area contributed by atoms with Crippen molar-refractivity contribution in [3.63, 3.8) is 0 Å². The molecule has 1 heterocycles. The fourth-order valence-electron chi connectivity index (χ4n) is 1.58. The van der Waals surface area contributed by atoms with E-state index >= 15 is 0 Å². The van der Waals surface area contributed by atoms with Gasteiger partial charge in [0.15, 0.2) is 12.4 Å². The molecule has 0 fully saturated rings. The molecule has 1 amide bonds. The number of benzene rings is 1. The maximum atomic E-state index is 11.5. The Balaban J connectivity index is 2.70. The van der Waals surface area contributed by atoms with Gasteiger partial charge in [0, 0.05) is 11.5 Å². The molecule has 0 aromatic heterocycles. The van der Waals surface area contributed by atoms with Gasteiger partial charge in [0.2, 0.25) is 0 Å².